The van der Waals surface area contributed by atoms with E-state index in [2.05, 4.69) is 48.6 Å². The molecule has 0 saturated heterocycles. The predicted octanol–water partition coefficient (Wildman–Crippen LogP) is 2.99. The molecule has 1 saturated carbocycles. The molecule has 3 nitrogen and oxygen atoms in total. The molecule has 3 heteroatoms. The van der Waals surface area contributed by atoms with Crippen molar-refractivity contribution in [2.45, 2.75) is 56.1 Å². The molecule has 0 radical (unpaired) electrons. The van der Waals surface area contributed by atoms with Crippen LogP contribution in [0.25, 0.3) is 0 Å². The Kier molecular flexibility index (Phi) is 4.34. The van der Waals surface area contributed by atoms with Crippen LogP contribution in [0.15, 0.2) is 24.3 Å². The van der Waals surface area contributed by atoms with Crippen LogP contribution in [0.1, 0.15) is 61.7 Å². The van der Waals surface area contributed by atoms with Crippen molar-refractivity contribution < 1.29 is 0 Å². The van der Waals surface area contributed by atoms with Crippen LogP contribution in [0.2, 0.25) is 0 Å². The molecule has 0 aliphatic heterocycles. The third-order valence-electron chi connectivity index (χ3n) is 5.67. The van der Waals surface area contributed by atoms with Gasteiger partial charge < -0.3 is 16.0 Å². The van der Waals surface area contributed by atoms with E-state index in [0.717, 1.165) is 13.0 Å². The highest BCUT2D eigenvalue weighted by Crippen LogP contribution is 2.38. The lowest BCUT2D eigenvalue weighted by atomic mass is 9.80. The monoisotopic (exact) mass is 287 g/mol. The van der Waals surface area contributed by atoms with E-state index in [9.17, 15) is 0 Å². The normalized spacial score (nSPS) is 27.8. The van der Waals surface area contributed by atoms with Gasteiger partial charge in [-0.05, 0) is 44.5 Å². The molecule has 0 bridgehead atoms. The van der Waals surface area contributed by atoms with E-state index in [1.165, 1.54) is 43.2 Å². The number of rotatable bonds is 4. The molecule has 2 aliphatic carbocycles. The average Bonchev–Trinajstić information content (AvgIpc) is 2.83. The minimum absolute atomic E-state index is 0.195. The van der Waals surface area contributed by atoms with Crippen LogP contribution in [-0.2, 0) is 0 Å². The summed E-state index contributed by atoms with van der Waals surface area (Å²) in [5.41, 5.74) is 9.36. The summed E-state index contributed by atoms with van der Waals surface area (Å²) in [6, 6.07) is 9.28. The van der Waals surface area contributed by atoms with Crippen molar-refractivity contribution in [3.63, 3.8) is 0 Å². The second-order valence-corrected chi connectivity index (χ2v) is 7.08. The summed E-state index contributed by atoms with van der Waals surface area (Å²) in [6.45, 7) is 1.08. The van der Waals surface area contributed by atoms with Crippen LogP contribution in [0.5, 0.6) is 0 Å². The van der Waals surface area contributed by atoms with Crippen LogP contribution in [-0.4, -0.2) is 31.1 Å². The number of nitrogens with zero attached hydrogens (tertiary/aromatic N) is 1. The fourth-order valence-corrected chi connectivity index (χ4v) is 4.17. The maximum Gasteiger partial charge on any atom is 0.0342 e. The summed E-state index contributed by atoms with van der Waals surface area (Å²) in [4.78, 5) is 2.44. The topological polar surface area (TPSA) is 41.3 Å². The largest absolute Gasteiger partial charge is 0.324 e. The van der Waals surface area contributed by atoms with Gasteiger partial charge in [0.15, 0.2) is 0 Å². The highest BCUT2D eigenvalue weighted by molar-refractivity contribution is 5.37. The molecule has 3 N–H and O–H groups in total. The van der Waals surface area contributed by atoms with Gasteiger partial charge in [0.05, 0.1) is 0 Å². The molecule has 0 aromatic heterocycles. The number of nitrogens with one attached hydrogen (secondary N) is 1. The number of benzene rings is 1. The van der Waals surface area contributed by atoms with Gasteiger partial charge in [0.25, 0.3) is 0 Å². The minimum Gasteiger partial charge on any atom is -0.324 e. The van der Waals surface area contributed by atoms with Crippen LogP contribution >= 0.6 is 0 Å². The number of hydrogen-bond donors (Lipinski definition) is 2. The highest BCUT2D eigenvalue weighted by atomic mass is 15.2. The highest BCUT2D eigenvalue weighted by Gasteiger charge is 2.36. The summed E-state index contributed by atoms with van der Waals surface area (Å²) in [5, 5.41) is 3.84. The molecule has 0 spiro atoms. The zero-order valence-corrected chi connectivity index (χ0v) is 13.4. The lowest BCUT2D eigenvalue weighted by Crippen LogP contribution is -2.53. The molecule has 3 rings (SSSR count). The van der Waals surface area contributed by atoms with Crippen molar-refractivity contribution in [1.29, 1.82) is 0 Å². The van der Waals surface area contributed by atoms with Gasteiger partial charge in [-0.2, -0.15) is 0 Å². The van der Waals surface area contributed by atoms with Crippen molar-refractivity contribution >= 4 is 0 Å². The van der Waals surface area contributed by atoms with E-state index >= 15 is 0 Å². The van der Waals surface area contributed by atoms with Gasteiger partial charge in [0, 0.05) is 24.2 Å². The quantitative estimate of drug-likeness (QED) is 0.894. The number of fused-ring (bicyclic) bond motifs is 1. The van der Waals surface area contributed by atoms with E-state index < -0.39 is 0 Å². The number of hydrogen-bond acceptors (Lipinski definition) is 3. The molecular weight excluding hydrogens is 258 g/mol. The Bertz CT molecular complexity index is 477. The molecule has 0 heterocycles. The Morgan fingerprint density at radius 3 is 2.48 bits per heavy atom. The Morgan fingerprint density at radius 1 is 1.14 bits per heavy atom. The van der Waals surface area contributed by atoms with Crippen molar-refractivity contribution in [3.8, 4) is 0 Å². The first kappa shape index (κ1) is 15.0. The summed E-state index contributed by atoms with van der Waals surface area (Å²) in [6.07, 6.45) is 7.78. The SMILES string of the molecule is CN(C)C1(CNC2CC(N)c3ccccc32)CCCCC1. The van der Waals surface area contributed by atoms with Crippen LogP contribution < -0.4 is 11.1 Å². The predicted molar refractivity (Wildman–Crippen MR) is 88.2 cm³/mol. The van der Waals surface area contributed by atoms with Gasteiger partial charge in [-0.1, -0.05) is 43.5 Å². The Balaban J connectivity index is 1.70. The molecule has 2 unspecified atom stereocenters. The van der Waals surface area contributed by atoms with Gasteiger partial charge >= 0.3 is 0 Å². The van der Waals surface area contributed by atoms with E-state index in [0.29, 0.717) is 11.6 Å². The number of nitrogens with two attached hydrogens (primary N) is 1. The first-order valence-corrected chi connectivity index (χ1v) is 8.38. The van der Waals surface area contributed by atoms with E-state index in [4.69, 9.17) is 5.73 Å². The number of likely N-dealkylation sites (N-methyl/N-ethyl adjacent to an activating group) is 1. The first-order valence-electron chi connectivity index (χ1n) is 8.38. The molecule has 2 aliphatic rings. The first-order chi connectivity index (χ1) is 10.1. The summed E-state index contributed by atoms with van der Waals surface area (Å²) < 4.78 is 0. The average molecular weight is 287 g/mol. The maximum absolute atomic E-state index is 6.29. The van der Waals surface area contributed by atoms with Crippen LogP contribution in [0.3, 0.4) is 0 Å². The van der Waals surface area contributed by atoms with Gasteiger partial charge in [0.1, 0.15) is 0 Å². The molecule has 2 atom stereocenters. The standard InChI is InChI=1S/C18H29N3/c1-21(2)18(10-6-3-7-11-18)13-20-17-12-16(19)14-8-4-5-9-15(14)17/h4-5,8-9,16-17,20H,3,6-7,10-13,19H2,1-2H3. The zero-order chi connectivity index (χ0) is 14.9. The van der Waals surface area contributed by atoms with Gasteiger partial charge in [0.2, 0.25) is 0 Å². The molecule has 1 aromatic carbocycles. The van der Waals surface area contributed by atoms with Crippen LogP contribution in [0, 0.1) is 0 Å². The third-order valence-corrected chi connectivity index (χ3v) is 5.67. The second-order valence-electron chi connectivity index (χ2n) is 7.08. The van der Waals surface area contributed by atoms with Crippen molar-refractivity contribution in [3.05, 3.63) is 35.4 Å². The second kappa shape index (κ2) is 6.07. The molecule has 1 fully saturated rings. The molecule has 1 aromatic rings. The van der Waals surface area contributed by atoms with E-state index in [-0.39, 0.29) is 6.04 Å². The summed E-state index contributed by atoms with van der Waals surface area (Å²) >= 11 is 0. The Hall–Kier alpha value is -0.900. The Labute approximate surface area is 128 Å². The van der Waals surface area contributed by atoms with Gasteiger partial charge in [-0.3, -0.25) is 0 Å². The van der Waals surface area contributed by atoms with Crippen molar-refractivity contribution in [2.75, 3.05) is 20.6 Å². The molecule has 0 amide bonds. The van der Waals surface area contributed by atoms with Crippen LogP contribution in [0.4, 0.5) is 0 Å². The van der Waals surface area contributed by atoms with Gasteiger partial charge in [-0.15, -0.1) is 0 Å². The van der Waals surface area contributed by atoms with Crippen molar-refractivity contribution in [2.24, 2.45) is 5.73 Å². The van der Waals surface area contributed by atoms with Crippen molar-refractivity contribution in [1.82, 2.24) is 10.2 Å². The zero-order valence-electron chi connectivity index (χ0n) is 13.4. The lowest BCUT2D eigenvalue weighted by molar-refractivity contribution is 0.0949. The summed E-state index contributed by atoms with van der Waals surface area (Å²) in [5.74, 6) is 0. The smallest absolute Gasteiger partial charge is 0.0342 e. The third kappa shape index (κ3) is 2.87. The minimum atomic E-state index is 0.195. The fraction of sp³-hybridized carbons (Fsp3) is 0.667. The molecule has 116 valence electrons. The lowest BCUT2D eigenvalue weighted by Gasteiger charge is -2.44. The Morgan fingerprint density at radius 2 is 1.81 bits per heavy atom. The van der Waals surface area contributed by atoms with Gasteiger partial charge in [-0.25, -0.2) is 0 Å². The molecular formula is C18H29N3. The molecule has 21 heavy (non-hydrogen) atoms. The maximum atomic E-state index is 6.29. The fourth-order valence-electron chi connectivity index (χ4n) is 4.17. The van der Waals surface area contributed by atoms with E-state index in [1.54, 1.807) is 0 Å². The summed E-state index contributed by atoms with van der Waals surface area (Å²) in [7, 11) is 4.47. The van der Waals surface area contributed by atoms with E-state index in [1.807, 2.05) is 0 Å².